The van der Waals surface area contributed by atoms with Crippen LogP contribution in [0.5, 0.6) is 11.5 Å². The highest BCUT2D eigenvalue weighted by Gasteiger charge is 2.21. The largest absolute Gasteiger partial charge is 0.455 e. The van der Waals surface area contributed by atoms with Crippen LogP contribution >= 0.6 is 23.4 Å². The van der Waals surface area contributed by atoms with E-state index in [-0.39, 0.29) is 0 Å². The summed E-state index contributed by atoms with van der Waals surface area (Å²) < 4.78 is 8.73. The van der Waals surface area contributed by atoms with Crippen LogP contribution in [0.4, 0.5) is 0 Å². The molecule has 0 saturated heterocycles. The van der Waals surface area contributed by atoms with Gasteiger partial charge in [-0.15, -0.1) is 0 Å². The van der Waals surface area contributed by atoms with Crippen molar-refractivity contribution in [3.63, 3.8) is 0 Å². The molecule has 2 nitrogen and oxygen atoms in total. The van der Waals surface area contributed by atoms with Crippen molar-refractivity contribution in [2.45, 2.75) is 9.79 Å². The fourth-order valence-electron chi connectivity index (χ4n) is 5.65. The summed E-state index contributed by atoms with van der Waals surface area (Å²) in [6.45, 7) is 0. The molecular formula is C34H20ClNOS. The Hall–Kier alpha value is -4.18. The van der Waals surface area contributed by atoms with Crippen LogP contribution in [0.15, 0.2) is 131 Å². The number of ether oxygens (including phenoxy) is 1. The first kappa shape index (κ1) is 21.9. The smallest absolute Gasteiger partial charge is 0.142 e. The first-order chi connectivity index (χ1) is 18.7. The van der Waals surface area contributed by atoms with Crippen molar-refractivity contribution in [3.05, 3.63) is 126 Å². The first-order valence-electron chi connectivity index (χ1n) is 12.5. The molecule has 0 N–H and O–H groups in total. The van der Waals surface area contributed by atoms with Crippen LogP contribution in [0.2, 0.25) is 5.02 Å². The second kappa shape index (κ2) is 8.42. The van der Waals surface area contributed by atoms with Crippen molar-refractivity contribution in [1.29, 1.82) is 0 Å². The molecule has 1 aromatic heterocycles. The van der Waals surface area contributed by atoms with E-state index in [2.05, 4.69) is 108 Å². The fraction of sp³-hybridized carbons (Fsp3) is 0. The Morgan fingerprint density at radius 1 is 0.579 bits per heavy atom. The molecule has 0 spiro atoms. The minimum atomic E-state index is 0.675. The average Bonchev–Trinajstić information content (AvgIpc) is 3.30. The lowest BCUT2D eigenvalue weighted by Gasteiger charge is -2.21. The number of para-hydroxylation sites is 2. The van der Waals surface area contributed by atoms with E-state index < -0.39 is 0 Å². The van der Waals surface area contributed by atoms with Crippen molar-refractivity contribution in [2.24, 2.45) is 0 Å². The van der Waals surface area contributed by atoms with Crippen LogP contribution < -0.4 is 4.74 Å². The van der Waals surface area contributed by atoms with Crippen LogP contribution in [0.1, 0.15) is 0 Å². The van der Waals surface area contributed by atoms with E-state index >= 15 is 0 Å². The van der Waals surface area contributed by atoms with Crippen LogP contribution in [0.3, 0.4) is 0 Å². The molecule has 0 unspecified atom stereocenters. The Bertz CT molecular complexity index is 2040. The van der Waals surface area contributed by atoms with Gasteiger partial charge in [0.2, 0.25) is 0 Å². The van der Waals surface area contributed by atoms with Gasteiger partial charge in [-0.1, -0.05) is 90.1 Å². The highest BCUT2D eigenvalue weighted by Crippen LogP contribution is 2.49. The van der Waals surface area contributed by atoms with Gasteiger partial charge in [-0.25, -0.2) is 0 Å². The Balaban J connectivity index is 1.41. The third kappa shape index (κ3) is 3.29. The zero-order valence-corrected chi connectivity index (χ0v) is 21.8. The van der Waals surface area contributed by atoms with Crippen molar-refractivity contribution in [3.8, 4) is 28.3 Å². The zero-order chi connectivity index (χ0) is 25.2. The number of fused-ring (bicyclic) bond motifs is 7. The topological polar surface area (TPSA) is 14.2 Å². The summed E-state index contributed by atoms with van der Waals surface area (Å²) in [5.74, 6) is 1.66. The summed E-state index contributed by atoms with van der Waals surface area (Å²) >= 11 is 7.98. The number of rotatable bonds is 2. The maximum atomic E-state index is 6.35. The summed E-state index contributed by atoms with van der Waals surface area (Å²) in [7, 11) is 0. The number of nitrogens with zero attached hydrogens (tertiary/aromatic N) is 1. The van der Waals surface area contributed by atoms with E-state index in [4.69, 9.17) is 16.3 Å². The number of hydrogen-bond donors (Lipinski definition) is 0. The summed E-state index contributed by atoms with van der Waals surface area (Å²) in [4.78, 5) is 2.18. The maximum Gasteiger partial charge on any atom is 0.142 e. The Kier molecular flexibility index (Phi) is 4.84. The van der Waals surface area contributed by atoms with Gasteiger partial charge < -0.3 is 9.30 Å². The number of hydrogen-bond acceptors (Lipinski definition) is 2. The molecule has 0 amide bonds. The summed E-state index contributed by atoms with van der Waals surface area (Å²) in [6.07, 6.45) is 0. The molecule has 0 radical (unpaired) electrons. The molecular weight excluding hydrogens is 506 g/mol. The van der Waals surface area contributed by atoms with Gasteiger partial charge in [0.15, 0.2) is 0 Å². The highest BCUT2D eigenvalue weighted by molar-refractivity contribution is 7.99. The molecule has 38 heavy (non-hydrogen) atoms. The molecule has 2 heterocycles. The van der Waals surface area contributed by atoms with Gasteiger partial charge in [0.25, 0.3) is 0 Å². The SMILES string of the molecule is Clc1ccc2c(c1)Oc1cc(-c3cc4c(c5ccccc35)c3ccccc3n4-c3ccccc3)ccc1S2. The van der Waals surface area contributed by atoms with Gasteiger partial charge in [0, 0.05) is 27.5 Å². The maximum absolute atomic E-state index is 6.35. The standard InChI is InChI=1S/C34H20ClNOS/c35-22-15-17-33-31(19-22)37-30-18-21(14-16-32(30)38-33)27-20-29-34(25-11-5-4-10-24(25)27)26-12-6-7-13-28(26)36(29)23-8-2-1-3-9-23/h1-20H. The van der Waals surface area contributed by atoms with Crippen LogP contribution in [0.25, 0.3) is 49.4 Å². The van der Waals surface area contributed by atoms with Gasteiger partial charge in [0.05, 0.1) is 20.8 Å². The summed E-state index contributed by atoms with van der Waals surface area (Å²) in [6, 6.07) is 42.7. The molecule has 0 bridgehead atoms. The molecule has 6 aromatic carbocycles. The van der Waals surface area contributed by atoms with Gasteiger partial charge in [-0.2, -0.15) is 0 Å². The third-order valence-corrected chi connectivity index (χ3v) is 8.64. The number of halogens is 1. The first-order valence-corrected chi connectivity index (χ1v) is 13.7. The van der Waals surface area contributed by atoms with Crippen LogP contribution in [-0.2, 0) is 0 Å². The zero-order valence-electron chi connectivity index (χ0n) is 20.2. The molecule has 7 aromatic rings. The van der Waals surface area contributed by atoms with Gasteiger partial charge in [-0.3, -0.25) is 0 Å². The molecule has 8 rings (SSSR count). The molecule has 0 atom stereocenters. The predicted octanol–water partition coefficient (Wildman–Crippen LogP) is 10.5. The van der Waals surface area contributed by atoms with Crippen molar-refractivity contribution in [1.82, 2.24) is 4.57 Å². The number of aromatic nitrogens is 1. The van der Waals surface area contributed by atoms with Gasteiger partial charge >= 0.3 is 0 Å². The second-order valence-electron chi connectivity index (χ2n) is 9.51. The molecule has 1 aliphatic rings. The minimum Gasteiger partial charge on any atom is -0.455 e. The van der Waals surface area contributed by atoms with Crippen molar-refractivity contribution >= 4 is 55.9 Å². The van der Waals surface area contributed by atoms with E-state index in [9.17, 15) is 0 Å². The molecule has 0 fully saturated rings. The molecule has 0 saturated carbocycles. The lowest BCUT2D eigenvalue weighted by Crippen LogP contribution is -1.96. The Morgan fingerprint density at radius 3 is 2.11 bits per heavy atom. The van der Waals surface area contributed by atoms with E-state index in [1.165, 1.54) is 38.1 Å². The van der Waals surface area contributed by atoms with Crippen LogP contribution in [0, 0.1) is 0 Å². The van der Waals surface area contributed by atoms with E-state index in [1.807, 2.05) is 18.2 Å². The quantitative estimate of drug-likeness (QED) is 0.223. The lowest BCUT2D eigenvalue weighted by atomic mass is 9.94. The summed E-state index contributed by atoms with van der Waals surface area (Å²) in [5.41, 5.74) is 5.85. The molecule has 0 aliphatic carbocycles. The van der Waals surface area contributed by atoms with E-state index in [0.717, 1.165) is 32.5 Å². The molecule has 1 aliphatic heterocycles. The average molecular weight is 526 g/mol. The fourth-order valence-corrected chi connectivity index (χ4v) is 6.72. The highest BCUT2D eigenvalue weighted by atomic mass is 35.5. The van der Waals surface area contributed by atoms with E-state index in [0.29, 0.717) is 5.02 Å². The number of benzene rings is 6. The third-order valence-electron chi connectivity index (χ3n) is 7.29. The van der Waals surface area contributed by atoms with Crippen molar-refractivity contribution in [2.75, 3.05) is 0 Å². The normalized spacial score (nSPS) is 12.4. The van der Waals surface area contributed by atoms with Crippen LogP contribution in [-0.4, -0.2) is 4.57 Å². The predicted molar refractivity (Wildman–Crippen MR) is 159 cm³/mol. The Morgan fingerprint density at radius 2 is 1.26 bits per heavy atom. The molecule has 180 valence electrons. The second-order valence-corrected chi connectivity index (χ2v) is 11.0. The van der Waals surface area contributed by atoms with Crippen molar-refractivity contribution < 1.29 is 4.74 Å². The Labute approximate surface area is 229 Å². The monoisotopic (exact) mass is 525 g/mol. The minimum absolute atomic E-state index is 0.675. The van der Waals surface area contributed by atoms with E-state index in [1.54, 1.807) is 11.8 Å². The van der Waals surface area contributed by atoms with Gasteiger partial charge in [-0.05, 0) is 70.4 Å². The molecule has 4 heteroatoms. The summed E-state index contributed by atoms with van der Waals surface area (Å²) in [5, 5.41) is 5.68. The lowest BCUT2D eigenvalue weighted by molar-refractivity contribution is 0.455. The van der Waals surface area contributed by atoms with Gasteiger partial charge in [0.1, 0.15) is 11.5 Å².